The van der Waals surface area contributed by atoms with Crippen LogP contribution in [0.5, 0.6) is 5.75 Å². The topological polar surface area (TPSA) is 37.4 Å². The van der Waals surface area contributed by atoms with Crippen LogP contribution in [-0.4, -0.2) is 42.7 Å². The van der Waals surface area contributed by atoms with Gasteiger partial charge in [-0.05, 0) is 32.5 Å². The molecule has 0 unspecified atom stereocenters. The molecule has 1 saturated carbocycles. The van der Waals surface area contributed by atoms with Crippen LogP contribution in [0.2, 0.25) is 0 Å². The molecule has 2 rings (SSSR count). The third-order valence-corrected chi connectivity index (χ3v) is 3.31. The lowest BCUT2D eigenvalue weighted by atomic mass is 10.2. The number of rotatable bonds is 8. The van der Waals surface area contributed by atoms with E-state index >= 15 is 0 Å². The van der Waals surface area contributed by atoms with Crippen LogP contribution in [0, 0.1) is 0 Å². The minimum absolute atomic E-state index is 0.734. The van der Waals surface area contributed by atoms with E-state index < -0.39 is 0 Å². The predicted molar refractivity (Wildman–Crippen MR) is 72.8 cm³/mol. The van der Waals surface area contributed by atoms with Crippen LogP contribution in [0.25, 0.3) is 0 Å². The molecular weight excluding hydrogens is 226 g/mol. The van der Waals surface area contributed by atoms with E-state index in [-0.39, 0.29) is 0 Å². The number of nitrogens with one attached hydrogen (secondary N) is 1. The second kappa shape index (κ2) is 6.71. The Hall–Kier alpha value is -1.13. The lowest BCUT2D eigenvalue weighted by molar-refractivity contribution is 0.230. The smallest absolute Gasteiger partial charge is 0.142 e. The summed E-state index contributed by atoms with van der Waals surface area (Å²) in [5, 5.41) is 3.31. The van der Waals surface area contributed by atoms with Gasteiger partial charge in [-0.15, -0.1) is 0 Å². The first-order chi connectivity index (χ1) is 8.81. The van der Waals surface area contributed by atoms with Gasteiger partial charge in [0.15, 0.2) is 0 Å². The molecule has 0 spiro atoms. The van der Waals surface area contributed by atoms with Crippen molar-refractivity contribution in [3.63, 3.8) is 0 Å². The Kier molecular flexibility index (Phi) is 4.96. The summed E-state index contributed by atoms with van der Waals surface area (Å²) in [6.45, 7) is 5.63. The van der Waals surface area contributed by atoms with Crippen LogP contribution in [0.1, 0.15) is 25.3 Å². The van der Waals surface area contributed by atoms with E-state index in [4.69, 9.17) is 4.74 Å². The molecule has 1 aromatic heterocycles. The minimum Gasteiger partial charge on any atom is -0.490 e. The quantitative estimate of drug-likeness (QED) is 0.760. The summed E-state index contributed by atoms with van der Waals surface area (Å²) < 4.78 is 5.84. The Labute approximate surface area is 109 Å². The Bertz CT molecular complexity index is 366. The molecule has 0 bridgehead atoms. The van der Waals surface area contributed by atoms with Crippen molar-refractivity contribution in [3.8, 4) is 5.75 Å². The van der Waals surface area contributed by atoms with Gasteiger partial charge in [0.25, 0.3) is 0 Å². The van der Waals surface area contributed by atoms with Crippen LogP contribution >= 0.6 is 0 Å². The maximum Gasteiger partial charge on any atom is 0.142 e. The van der Waals surface area contributed by atoms with Crippen molar-refractivity contribution in [2.45, 2.75) is 32.4 Å². The van der Waals surface area contributed by atoms with Crippen LogP contribution in [0.3, 0.4) is 0 Å². The molecule has 1 aliphatic rings. The lowest BCUT2D eigenvalue weighted by Crippen LogP contribution is -2.26. The third-order valence-electron chi connectivity index (χ3n) is 3.31. The molecule has 0 radical (unpaired) electrons. The van der Waals surface area contributed by atoms with Gasteiger partial charge < -0.3 is 15.0 Å². The number of hydrogen-bond donors (Lipinski definition) is 1. The molecule has 0 saturated heterocycles. The van der Waals surface area contributed by atoms with Gasteiger partial charge in [0.2, 0.25) is 0 Å². The molecule has 1 aliphatic carbocycles. The van der Waals surface area contributed by atoms with Crippen molar-refractivity contribution in [3.05, 3.63) is 24.0 Å². The van der Waals surface area contributed by atoms with Gasteiger partial charge in [-0.25, -0.2) is 0 Å². The van der Waals surface area contributed by atoms with Crippen LogP contribution in [0.4, 0.5) is 0 Å². The zero-order valence-corrected chi connectivity index (χ0v) is 11.4. The minimum atomic E-state index is 0.734. The van der Waals surface area contributed by atoms with E-state index in [1.807, 2.05) is 18.5 Å². The van der Waals surface area contributed by atoms with Gasteiger partial charge >= 0.3 is 0 Å². The van der Waals surface area contributed by atoms with Crippen LogP contribution in [-0.2, 0) is 6.54 Å². The van der Waals surface area contributed by atoms with Crippen molar-refractivity contribution in [2.75, 3.05) is 26.7 Å². The second-order valence-electron chi connectivity index (χ2n) is 4.82. The molecule has 1 fully saturated rings. The maximum atomic E-state index is 5.84. The zero-order chi connectivity index (χ0) is 12.8. The third kappa shape index (κ3) is 3.96. The number of likely N-dealkylation sites (N-methyl/N-ethyl adjacent to an activating group) is 1. The largest absolute Gasteiger partial charge is 0.490 e. The molecule has 0 atom stereocenters. The van der Waals surface area contributed by atoms with E-state index in [1.54, 1.807) is 0 Å². The zero-order valence-electron chi connectivity index (χ0n) is 11.4. The standard InChI is InChI=1S/C14H23N3O/c1-3-15-10-12-6-7-16-11-14(12)18-9-8-17(2)13-4-5-13/h6-7,11,13,15H,3-5,8-10H2,1-2H3. The summed E-state index contributed by atoms with van der Waals surface area (Å²) in [6.07, 6.45) is 6.31. The van der Waals surface area contributed by atoms with Gasteiger partial charge in [-0.3, -0.25) is 4.98 Å². The van der Waals surface area contributed by atoms with Crippen molar-refractivity contribution in [1.82, 2.24) is 15.2 Å². The maximum absolute atomic E-state index is 5.84. The molecule has 0 amide bonds. The normalized spacial score (nSPS) is 15.1. The van der Waals surface area contributed by atoms with E-state index in [0.29, 0.717) is 0 Å². The van der Waals surface area contributed by atoms with Crippen molar-refractivity contribution < 1.29 is 4.74 Å². The predicted octanol–water partition coefficient (Wildman–Crippen LogP) is 1.66. The summed E-state index contributed by atoms with van der Waals surface area (Å²) in [7, 11) is 2.17. The monoisotopic (exact) mass is 249 g/mol. The Morgan fingerprint density at radius 3 is 3.06 bits per heavy atom. The lowest BCUT2D eigenvalue weighted by Gasteiger charge is -2.17. The summed E-state index contributed by atoms with van der Waals surface area (Å²) in [5.41, 5.74) is 1.18. The Balaban J connectivity index is 1.79. The summed E-state index contributed by atoms with van der Waals surface area (Å²) in [4.78, 5) is 6.51. The molecule has 1 aromatic rings. The van der Waals surface area contributed by atoms with Crippen molar-refractivity contribution in [1.29, 1.82) is 0 Å². The van der Waals surface area contributed by atoms with Gasteiger partial charge in [-0.2, -0.15) is 0 Å². The van der Waals surface area contributed by atoms with Gasteiger partial charge in [0, 0.05) is 30.9 Å². The fraction of sp³-hybridized carbons (Fsp3) is 0.643. The number of nitrogens with zero attached hydrogens (tertiary/aromatic N) is 2. The van der Waals surface area contributed by atoms with E-state index in [9.17, 15) is 0 Å². The Morgan fingerprint density at radius 2 is 2.33 bits per heavy atom. The number of pyridine rings is 1. The SMILES string of the molecule is CCNCc1ccncc1OCCN(C)C1CC1. The average molecular weight is 249 g/mol. The molecule has 18 heavy (non-hydrogen) atoms. The second-order valence-corrected chi connectivity index (χ2v) is 4.82. The molecule has 1 heterocycles. The average Bonchev–Trinajstić information content (AvgIpc) is 3.22. The summed E-state index contributed by atoms with van der Waals surface area (Å²) in [5.74, 6) is 0.905. The molecular formula is C14H23N3O. The first-order valence-electron chi connectivity index (χ1n) is 6.78. The molecule has 1 N–H and O–H groups in total. The fourth-order valence-electron chi connectivity index (χ4n) is 1.94. The fourth-order valence-corrected chi connectivity index (χ4v) is 1.94. The highest BCUT2D eigenvalue weighted by Gasteiger charge is 2.25. The highest BCUT2D eigenvalue weighted by Crippen LogP contribution is 2.25. The van der Waals surface area contributed by atoms with E-state index in [2.05, 4.69) is 29.2 Å². The molecule has 100 valence electrons. The van der Waals surface area contributed by atoms with Gasteiger partial charge in [0.05, 0.1) is 6.20 Å². The highest BCUT2D eigenvalue weighted by molar-refractivity contribution is 5.29. The first-order valence-corrected chi connectivity index (χ1v) is 6.78. The molecule has 0 aliphatic heterocycles. The Morgan fingerprint density at radius 1 is 1.50 bits per heavy atom. The number of hydrogen-bond acceptors (Lipinski definition) is 4. The van der Waals surface area contributed by atoms with Gasteiger partial charge in [0.1, 0.15) is 12.4 Å². The highest BCUT2D eigenvalue weighted by atomic mass is 16.5. The van der Waals surface area contributed by atoms with Crippen LogP contribution in [0.15, 0.2) is 18.5 Å². The number of ether oxygens (including phenoxy) is 1. The molecule has 4 nitrogen and oxygen atoms in total. The first kappa shape index (κ1) is 13.3. The van der Waals surface area contributed by atoms with Gasteiger partial charge in [-0.1, -0.05) is 6.92 Å². The van der Waals surface area contributed by atoms with Crippen LogP contribution < -0.4 is 10.1 Å². The van der Waals surface area contributed by atoms with E-state index in [1.165, 1.54) is 18.4 Å². The number of aromatic nitrogens is 1. The summed E-state index contributed by atoms with van der Waals surface area (Å²) >= 11 is 0. The van der Waals surface area contributed by atoms with Crippen molar-refractivity contribution >= 4 is 0 Å². The van der Waals surface area contributed by atoms with Crippen molar-refractivity contribution in [2.24, 2.45) is 0 Å². The van der Waals surface area contributed by atoms with E-state index in [0.717, 1.165) is 38.0 Å². The summed E-state index contributed by atoms with van der Waals surface area (Å²) in [6, 6.07) is 2.81. The molecule has 4 heteroatoms. The molecule has 0 aromatic carbocycles.